The van der Waals surface area contributed by atoms with Crippen molar-refractivity contribution >= 4 is 17.3 Å². The fraction of sp³-hybridized carbons (Fsp3) is 0.400. The summed E-state index contributed by atoms with van der Waals surface area (Å²) in [6.07, 6.45) is 6.99. The van der Waals surface area contributed by atoms with Crippen molar-refractivity contribution in [3.8, 4) is 18.1 Å². The third-order valence-electron chi connectivity index (χ3n) is 3.88. The first-order valence-corrected chi connectivity index (χ1v) is 9.46. The minimum atomic E-state index is 0.295. The van der Waals surface area contributed by atoms with Gasteiger partial charge in [0.05, 0.1) is 10.7 Å². The van der Waals surface area contributed by atoms with Gasteiger partial charge >= 0.3 is 0 Å². The molecule has 0 aliphatic carbocycles. The van der Waals surface area contributed by atoms with Crippen molar-refractivity contribution in [2.24, 2.45) is 4.99 Å². The standard InChI is InChI=1S/C20H26N4OS/c1-5-14-25-18-8-6-17(7-9-18)10-12-22-20(21-4)23-13-11-19-24-15(2)16(3)26-19/h1,6-9H,10-14H2,2-4H3,(H2,21,22,23). The first kappa shape index (κ1) is 19.8. The number of thiazole rings is 1. The molecule has 5 nitrogen and oxygen atoms in total. The number of rotatable bonds is 8. The highest BCUT2D eigenvalue weighted by molar-refractivity contribution is 7.11. The highest BCUT2D eigenvalue weighted by Crippen LogP contribution is 2.16. The molecule has 138 valence electrons. The molecule has 0 aliphatic rings. The second-order valence-corrected chi connectivity index (χ2v) is 7.10. The van der Waals surface area contributed by atoms with Gasteiger partial charge in [-0.05, 0) is 38.0 Å². The van der Waals surface area contributed by atoms with Crippen LogP contribution in [0, 0.1) is 26.2 Å². The number of hydrogen-bond acceptors (Lipinski definition) is 4. The molecule has 6 heteroatoms. The third kappa shape index (κ3) is 6.41. The fourth-order valence-electron chi connectivity index (χ4n) is 2.36. The van der Waals surface area contributed by atoms with Crippen molar-refractivity contribution in [1.82, 2.24) is 15.6 Å². The molecule has 0 atom stereocenters. The Morgan fingerprint density at radius 1 is 1.19 bits per heavy atom. The van der Waals surface area contributed by atoms with Crippen molar-refractivity contribution < 1.29 is 4.74 Å². The maximum absolute atomic E-state index is 5.37. The summed E-state index contributed by atoms with van der Waals surface area (Å²) in [6.45, 7) is 6.07. The average molecular weight is 371 g/mol. The number of hydrogen-bond donors (Lipinski definition) is 2. The zero-order valence-corrected chi connectivity index (χ0v) is 16.4. The predicted octanol–water partition coefficient (Wildman–Crippen LogP) is 2.72. The smallest absolute Gasteiger partial charge is 0.191 e. The second kappa shape index (κ2) is 10.5. The number of nitrogens with zero attached hydrogens (tertiary/aromatic N) is 2. The number of aromatic nitrogens is 1. The number of aryl methyl sites for hydroxylation is 2. The third-order valence-corrected chi connectivity index (χ3v) is 5.01. The molecule has 0 amide bonds. The van der Waals surface area contributed by atoms with Gasteiger partial charge in [0, 0.05) is 31.4 Å². The number of ether oxygens (including phenoxy) is 1. The van der Waals surface area contributed by atoms with Gasteiger partial charge in [-0.25, -0.2) is 4.98 Å². The molecule has 2 aromatic rings. The number of benzene rings is 1. The van der Waals surface area contributed by atoms with E-state index < -0.39 is 0 Å². The van der Waals surface area contributed by atoms with Crippen LogP contribution < -0.4 is 15.4 Å². The van der Waals surface area contributed by atoms with Crippen LogP contribution in [-0.2, 0) is 12.8 Å². The van der Waals surface area contributed by atoms with E-state index in [1.54, 1.807) is 18.4 Å². The van der Waals surface area contributed by atoms with Crippen molar-refractivity contribution in [3.63, 3.8) is 0 Å². The molecule has 26 heavy (non-hydrogen) atoms. The molecular formula is C20H26N4OS. The zero-order valence-electron chi connectivity index (χ0n) is 15.6. The van der Waals surface area contributed by atoms with Crippen molar-refractivity contribution in [2.75, 3.05) is 26.7 Å². The second-order valence-electron chi connectivity index (χ2n) is 5.81. The van der Waals surface area contributed by atoms with E-state index in [2.05, 4.69) is 52.5 Å². The van der Waals surface area contributed by atoms with Crippen molar-refractivity contribution in [1.29, 1.82) is 0 Å². The molecule has 2 N–H and O–H groups in total. The Labute approximate surface area is 159 Å². The van der Waals surface area contributed by atoms with Crippen molar-refractivity contribution in [3.05, 3.63) is 45.4 Å². The molecule has 0 saturated carbocycles. The Hall–Kier alpha value is -2.52. The molecule has 0 bridgehead atoms. The summed E-state index contributed by atoms with van der Waals surface area (Å²) in [5.74, 6) is 4.06. The van der Waals surface area contributed by atoms with Gasteiger partial charge in [0.2, 0.25) is 0 Å². The Bertz CT molecular complexity index is 740. The summed E-state index contributed by atoms with van der Waals surface area (Å²) in [5, 5.41) is 7.83. The average Bonchev–Trinajstić information content (AvgIpc) is 2.97. The SMILES string of the molecule is C#CCOc1ccc(CCNC(=NC)NCCc2nc(C)c(C)s2)cc1. The van der Waals surface area contributed by atoms with Gasteiger partial charge in [0.15, 0.2) is 5.96 Å². The van der Waals surface area contributed by atoms with Crippen LogP contribution in [-0.4, -0.2) is 37.7 Å². The van der Waals surface area contributed by atoms with Gasteiger partial charge in [-0.15, -0.1) is 17.8 Å². The zero-order chi connectivity index (χ0) is 18.8. The Morgan fingerprint density at radius 3 is 2.46 bits per heavy atom. The molecule has 2 rings (SSSR count). The van der Waals surface area contributed by atoms with Crippen molar-refractivity contribution in [2.45, 2.75) is 26.7 Å². The van der Waals surface area contributed by atoms with Gasteiger partial charge in [0.1, 0.15) is 12.4 Å². The first-order chi connectivity index (χ1) is 12.6. The molecule has 0 saturated heterocycles. The summed E-state index contributed by atoms with van der Waals surface area (Å²) in [7, 11) is 1.78. The molecular weight excluding hydrogens is 344 g/mol. The lowest BCUT2D eigenvalue weighted by molar-refractivity contribution is 0.370. The van der Waals surface area contributed by atoms with Crippen LogP contribution in [0.5, 0.6) is 5.75 Å². The Kier molecular flexibility index (Phi) is 7.97. The largest absolute Gasteiger partial charge is 0.481 e. The summed E-state index contributed by atoms with van der Waals surface area (Å²) >= 11 is 1.76. The van der Waals surface area contributed by atoms with Gasteiger partial charge in [-0.1, -0.05) is 18.1 Å². The number of nitrogens with one attached hydrogen (secondary N) is 2. The molecule has 1 aromatic heterocycles. The molecule has 1 aromatic carbocycles. The van der Waals surface area contributed by atoms with Gasteiger partial charge < -0.3 is 15.4 Å². The minimum Gasteiger partial charge on any atom is -0.481 e. The van der Waals surface area contributed by atoms with Crippen LogP contribution >= 0.6 is 11.3 Å². The molecule has 0 spiro atoms. The van der Waals surface area contributed by atoms with Gasteiger partial charge in [0.25, 0.3) is 0 Å². The minimum absolute atomic E-state index is 0.295. The number of terminal acetylenes is 1. The topological polar surface area (TPSA) is 58.5 Å². The summed E-state index contributed by atoms with van der Waals surface area (Å²) < 4.78 is 5.37. The van der Waals surface area contributed by atoms with Crippen LogP contribution in [0.2, 0.25) is 0 Å². The molecule has 0 unspecified atom stereocenters. The van der Waals surface area contributed by atoms with Crippen LogP contribution in [0.4, 0.5) is 0 Å². The lowest BCUT2D eigenvalue weighted by atomic mass is 10.1. The summed E-state index contributed by atoms with van der Waals surface area (Å²) in [6, 6.07) is 7.99. The molecule has 1 heterocycles. The Balaban J connectivity index is 1.69. The maximum Gasteiger partial charge on any atom is 0.191 e. The van der Waals surface area contributed by atoms with Crippen LogP contribution in [0.1, 0.15) is 21.1 Å². The Morgan fingerprint density at radius 2 is 1.88 bits per heavy atom. The van der Waals surface area contributed by atoms with Crippen LogP contribution in [0.15, 0.2) is 29.3 Å². The summed E-state index contributed by atoms with van der Waals surface area (Å²) in [4.78, 5) is 10.1. The van der Waals surface area contributed by atoms with E-state index in [-0.39, 0.29) is 0 Å². The fourth-order valence-corrected chi connectivity index (χ4v) is 3.29. The van der Waals surface area contributed by atoms with E-state index >= 15 is 0 Å². The van der Waals surface area contributed by atoms with E-state index in [0.29, 0.717) is 6.61 Å². The monoisotopic (exact) mass is 370 g/mol. The highest BCUT2D eigenvalue weighted by atomic mass is 32.1. The van der Waals surface area contributed by atoms with E-state index in [0.717, 1.165) is 48.3 Å². The summed E-state index contributed by atoms with van der Waals surface area (Å²) in [5.41, 5.74) is 2.36. The van der Waals surface area contributed by atoms with E-state index in [9.17, 15) is 0 Å². The van der Waals surface area contributed by atoms with E-state index in [1.807, 2.05) is 12.1 Å². The quantitative estimate of drug-likeness (QED) is 0.426. The van der Waals surface area contributed by atoms with E-state index in [1.165, 1.54) is 10.4 Å². The van der Waals surface area contributed by atoms with Gasteiger partial charge in [-0.2, -0.15) is 0 Å². The first-order valence-electron chi connectivity index (χ1n) is 8.65. The maximum atomic E-state index is 5.37. The molecule has 0 fully saturated rings. The van der Waals surface area contributed by atoms with Crippen LogP contribution in [0.25, 0.3) is 0 Å². The molecule has 0 radical (unpaired) electrons. The molecule has 0 aliphatic heterocycles. The lowest BCUT2D eigenvalue weighted by Crippen LogP contribution is -2.39. The lowest BCUT2D eigenvalue weighted by Gasteiger charge is -2.11. The van der Waals surface area contributed by atoms with Crippen LogP contribution in [0.3, 0.4) is 0 Å². The number of guanidine groups is 1. The van der Waals surface area contributed by atoms with Gasteiger partial charge in [-0.3, -0.25) is 4.99 Å². The normalized spacial score (nSPS) is 11.1. The highest BCUT2D eigenvalue weighted by Gasteiger charge is 2.04. The van der Waals surface area contributed by atoms with E-state index in [4.69, 9.17) is 11.2 Å². The number of aliphatic imine (C=N–C) groups is 1. The predicted molar refractivity (Wildman–Crippen MR) is 109 cm³/mol.